The molecule has 6 heteroatoms. The van der Waals surface area contributed by atoms with E-state index in [-0.39, 0.29) is 36.4 Å². The minimum Gasteiger partial charge on any atom is -0.497 e. The Morgan fingerprint density at radius 3 is 2.60 bits per heavy atom. The van der Waals surface area contributed by atoms with Crippen LogP contribution in [0.15, 0.2) is 35.7 Å². The number of ether oxygens (including phenoxy) is 1. The number of benzene rings is 1. The van der Waals surface area contributed by atoms with E-state index in [1.807, 2.05) is 41.0 Å². The lowest BCUT2D eigenvalue weighted by atomic mass is 9.93. The monoisotopic (exact) mass is 426 g/mol. The number of carbonyl (C=O) groups is 2. The molecular weight excluding hydrogens is 396 g/mol. The summed E-state index contributed by atoms with van der Waals surface area (Å²) < 4.78 is 5.31. The Labute approximate surface area is 182 Å². The Balaban J connectivity index is 1.61. The largest absolute Gasteiger partial charge is 0.497 e. The molecule has 160 valence electrons. The summed E-state index contributed by atoms with van der Waals surface area (Å²) in [6.45, 7) is 4.95. The van der Waals surface area contributed by atoms with E-state index in [1.165, 1.54) is 10.4 Å². The number of fused-ring (bicyclic) bond motifs is 1. The van der Waals surface area contributed by atoms with E-state index in [0.29, 0.717) is 6.54 Å². The van der Waals surface area contributed by atoms with Crippen molar-refractivity contribution in [3.05, 3.63) is 51.7 Å². The summed E-state index contributed by atoms with van der Waals surface area (Å²) in [5, 5.41) is 2.11. The topological polar surface area (TPSA) is 49.9 Å². The van der Waals surface area contributed by atoms with Crippen LogP contribution in [0.1, 0.15) is 55.2 Å². The average Bonchev–Trinajstić information content (AvgIpc) is 3.52. The maximum Gasteiger partial charge on any atom is 0.243 e. The highest BCUT2D eigenvalue weighted by molar-refractivity contribution is 7.10. The van der Waals surface area contributed by atoms with Crippen molar-refractivity contribution in [3.8, 4) is 5.75 Å². The SMILES string of the molecule is CC[C@@H](C)N(CC(=O)N1CCc2sccc2[C@H]1c1ccc(OC)cc1)C(=O)C1CC1. The summed E-state index contributed by atoms with van der Waals surface area (Å²) >= 11 is 1.76. The highest BCUT2D eigenvalue weighted by Crippen LogP contribution is 2.38. The van der Waals surface area contributed by atoms with Gasteiger partial charge in [0.05, 0.1) is 13.2 Å². The molecule has 0 radical (unpaired) electrons. The molecule has 1 aromatic carbocycles. The van der Waals surface area contributed by atoms with Crippen LogP contribution in [0, 0.1) is 5.92 Å². The van der Waals surface area contributed by atoms with Crippen molar-refractivity contribution >= 4 is 23.2 Å². The summed E-state index contributed by atoms with van der Waals surface area (Å²) in [6.07, 6.45) is 3.63. The number of nitrogens with zero attached hydrogens (tertiary/aromatic N) is 2. The molecule has 2 aliphatic rings. The molecule has 30 heavy (non-hydrogen) atoms. The maximum atomic E-state index is 13.5. The average molecular weight is 427 g/mol. The van der Waals surface area contributed by atoms with Crippen molar-refractivity contribution in [1.29, 1.82) is 0 Å². The van der Waals surface area contributed by atoms with Crippen molar-refractivity contribution in [2.45, 2.75) is 51.6 Å². The van der Waals surface area contributed by atoms with E-state index < -0.39 is 0 Å². The molecule has 0 spiro atoms. The Kier molecular flexibility index (Phi) is 6.14. The molecule has 0 N–H and O–H groups in total. The number of carbonyl (C=O) groups excluding carboxylic acids is 2. The van der Waals surface area contributed by atoms with E-state index in [2.05, 4.69) is 18.4 Å². The van der Waals surface area contributed by atoms with Gasteiger partial charge in [0.2, 0.25) is 11.8 Å². The van der Waals surface area contributed by atoms with Gasteiger partial charge in [0.15, 0.2) is 0 Å². The first-order chi connectivity index (χ1) is 14.5. The van der Waals surface area contributed by atoms with Crippen LogP contribution in [-0.2, 0) is 16.0 Å². The van der Waals surface area contributed by atoms with Crippen LogP contribution >= 0.6 is 11.3 Å². The van der Waals surface area contributed by atoms with Gasteiger partial charge in [-0.2, -0.15) is 0 Å². The lowest BCUT2D eigenvalue weighted by Crippen LogP contribution is -2.49. The number of methoxy groups -OCH3 is 1. The van der Waals surface area contributed by atoms with Crippen molar-refractivity contribution < 1.29 is 14.3 Å². The van der Waals surface area contributed by atoms with Gasteiger partial charge >= 0.3 is 0 Å². The van der Waals surface area contributed by atoms with Gasteiger partial charge < -0.3 is 14.5 Å². The molecule has 2 amide bonds. The lowest BCUT2D eigenvalue weighted by molar-refractivity contribution is -0.144. The van der Waals surface area contributed by atoms with E-state index in [9.17, 15) is 9.59 Å². The Hall–Kier alpha value is -2.34. The standard InChI is InChI=1S/C24H30N2O3S/c1-4-16(2)26(24(28)18-5-6-18)15-22(27)25-13-11-21-20(12-14-30-21)23(25)17-7-9-19(29-3)10-8-17/h7-10,12,14,16,18,23H,4-6,11,13,15H2,1-3H3/t16-,23-/m1/s1. The van der Waals surface area contributed by atoms with Crippen LogP contribution < -0.4 is 4.74 Å². The van der Waals surface area contributed by atoms with Gasteiger partial charge in [-0.15, -0.1) is 11.3 Å². The minimum atomic E-state index is -0.117. The molecule has 2 heterocycles. The zero-order valence-corrected chi connectivity index (χ0v) is 18.8. The van der Waals surface area contributed by atoms with Crippen molar-refractivity contribution in [3.63, 3.8) is 0 Å². The van der Waals surface area contributed by atoms with Gasteiger partial charge in [-0.05, 0) is 67.3 Å². The normalized spacial score (nSPS) is 19.2. The van der Waals surface area contributed by atoms with Crippen LogP contribution in [0.4, 0.5) is 0 Å². The number of hydrogen-bond acceptors (Lipinski definition) is 4. The summed E-state index contributed by atoms with van der Waals surface area (Å²) in [5.41, 5.74) is 2.28. The molecule has 2 atom stereocenters. The number of hydrogen-bond donors (Lipinski definition) is 0. The van der Waals surface area contributed by atoms with Crippen LogP contribution in [0.25, 0.3) is 0 Å². The minimum absolute atomic E-state index is 0.0296. The zero-order chi connectivity index (χ0) is 21.3. The molecule has 0 saturated heterocycles. The molecular formula is C24H30N2O3S. The fourth-order valence-electron chi connectivity index (χ4n) is 4.20. The van der Waals surface area contributed by atoms with Crippen LogP contribution in [0.5, 0.6) is 5.75 Å². The first-order valence-corrected chi connectivity index (χ1v) is 11.7. The zero-order valence-electron chi connectivity index (χ0n) is 18.0. The molecule has 0 unspecified atom stereocenters. The van der Waals surface area contributed by atoms with Crippen LogP contribution in [0.2, 0.25) is 0 Å². The molecule has 1 saturated carbocycles. The van der Waals surface area contributed by atoms with E-state index in [4.69, 9.17) is 4.74 Å². The molecule has 1 aromatic heterocycles. The Bertz CT molecular complexity index is 903. The number of amides is 2. The van der Waals surface area contributed by atoms with Gasteiger partial charge in [-0.25, -0.2) is 0 Å². The third-order valence-electron chi connectivity index (χ3n) is 6.36. The van der Waals surface area contributed by atoms with E-state index >= 15 is 0 Å². The maximum absolute atomic E-state index is 13.5. The van der Waals surface area contributed by atoms with E-state index in [0.717, 1.165) is 37.0 Å². The van der Waals surface area contributed by atoms with Crippen molar-refractivity contribution in [1.82, 2.24) is 9.80 Å². The Morgan fingerprint density at radius 2 is 1.97 bits per heavy atom. The highest BCUT2D eigenvalue weighted by atomic mass is 32.1. The molecule has 1 aliphatic heterocycles. The fraction of sp³-hybridized carbons (Fsp3) is 0.500. The van der Waals surface area contributed by atoms with Crippen molar-refractivity contribution in [2.24, 2.45) is 5.92 Å². The predicted molar refractivity (Wildman–Crippen MR) is 119 cm³/mol. The second-order valence-corrected chi connectivity index (χ2v) is 9.31. The van der Waals surface area contributed by atoms with Gasteiger partial charge in [-0.1, -0.05) is 19.1 Å². The molecule has 0 bridgehead atoms. The second kappa shape index (κ2) is 8.80. The molecule has 4 rings (SSSR count). The van der Waals surface area contributed by atoms with Crippen molar-refractivity contribution in [2.75, 3.05) is 20.2 Å². The van der Waals surface area contributed by atoms with Gasteiger partial charge in [0.1, 0.15) is 12.3 Å². The second-order valence-electron chi connectivity index (χ2n) is 8.31. The van der Waals surface area contributed by atoms with Crippen LogP contribution in [0.3, 0.4) is 0 Å². The summed E-state index contributed by atoms with van der Waals surface area (Å²) in [6, 6.07) is 10.1. The van der Waals surface area contributed by atoms with Crippen LogP contribution in [-0.4, -0.2) is 47.9 Å². The number of rotatable bonds is 7. The summed E-state index contributed by atoms with van der Waals surface area (Å²) in [4.78, 5) is 31.5. The first kappa shape index (κ1) is 20.9. The third-order valence-corrected chi connectivity index (χ3v) is 7.35. The number of thiophene rings is 1. The smallest absolute Gasteiger partial charge is 0.243 e. The quantitative estimate of drug-likeness (QED) is 0.664. The Morgan fingerprint density at radius 1 is 1.23 bits per heavy atom. The van der Waals surface area contributed by atoms with Gasteiger partial charge in [-0.3, -0.25) is 9.59 Å². The first-order valence-electron chi connectivity index (χ1n) is 10.8. The lowest BCUT2D eigenvalue weighted by Gasteiger charge is -2.38. The third kappa shape index (κ3) is 4.10. The summed E-state index contributed by atoms with van der Waals surface area (Å²) in [5.74, 6) is 1.10. The molecule has 1 aliphatic carbocycles. The van der Waals surface area contributed by atoms with Gasteiger partial charge in [0, 0.05) is 23.4 Å². The predicted octanol–water partition coefficient (Wildman–Crippen LogP) is 4.27. The highest BCUT2D eigenvalue weighted by Gasteiger charge is 2.38. The summed E-state index contributed by atoms with van der Waals surface area (Å²) in [7, 11) is 1.66. The molecule has 1 fully saturated rings. The molecule has 5 nitrogen and oxygen atoms in total. The molecule has 2 aromatic rings. The fourth-order valence-corrected chi connectivity index (χ4v) is 5.11. The van der Waals surface area contributed by atoms with Gasteiger partial charge in [0.25, 0.3) is 0 Å². The van der Waals surface area contributed by atoms with E-state index in [1.54, 1.807) is 18.4 Å².